The molecule has 34 heavy (non-hydrogen) atoms. The highest BCUT2D eigenvalue weighted by Crippen LogP contribution is 2.50. The first-order valence-electron chi connectivity index (χ1n) is 11.8. The predicted octanol–water partition coefficient (Wildman–Crippen LogP) is 5.85. The zero-order valence-corrected chi connectivity index (χ0v) is 21.7. The maximum absolute atomic E-state index is 13.9. The van der Waals surface area contributed by atoms with E-state index in [-0.39, 0.29) is 47.6 Å². The van der Waals surface area contributed by atoms with Crippen LogP contribution in [-0.2, 0) is 16.1 Å². The number of fused-ring (bicyclic) bond motifs is 1. The molecular formula is C26H31Cl2N3O3. The summed E-state index contributed by atoms with van der Waals surface area (Å²) >= 11 is 12.8. The lowest BCUT2D eigenvalue weighted by Gasteiger charge is -2.38. The minimum atomic E-state index is -0.368. The second kappa shape index (κ2) is 9.74. The summed E-state index contributed by atoms with van der Waals surface area (Å²) in [6.07, 6.45) is 10.5. The largest absolute Gasteiger partial charge is 0.465 e. The Bertz CT molecular complexity index is 1130. The quantitative estimate of drug-likeness (QED) is 0.360. The van der Waals surface area contributed by atoms with Crippen LogP contribution in [0.15, 0.2) is 46.7 Å². The van der Waals surface area contributed by atoms with Crippen LogP contribution in [0.5, 0.6) is 0 Å². The van der Waals surface area contributed by atoms with E-state index in [9.17, 15) is 9.59 Å². The summed E-state index contributed by atoms with van der Waals surface area (Å²) < 4.78 is 6.82. The average Bonchev–Trinajstić information content (AvgIpc) is 3.25. The number of esters is 1. The van der Waals surface area contributed by atoms with Gasteiger partial charge in [0.2, 0.25) is 0 Å². The molecule has 4 atom stereocenters. The molecule has 4 unspecified atom stereocenters. The molecule has 1 aromatic rings. The smallest absolute Gasteiger partial charge is 0.327 e. The van der Waals surface area contributed by atoms with Gasteiger partial charge in [0, 0.05) is 34.3 Å². The van der Waals surface area contributed by atoms with E-state index in [0.29, 0.717) is 23.8 Å². The van der Waals surface area contributed by atoms with Gasteiger partial charge in [0.25, 0.3) is 5.91 Å². The molecule has 8 heteroatoms. The molecule has 0 spiro atoms. The normalized spacial score (nSPS) is 26.4. The Labute approximate surface area is 210 Å². The van der Waals surface area contributed by atoms with Crippen molar-refractivity contribution in [3.63, 3.8) is 0 Å². The van der Waals surface area contributed by atoms with Gasteiger partial charge in [0.1, 0.15) is 6.54 Å². The van der Waals surface area contributed by atoms with E-state index in [1.54, 1.807) is 11.6 Å². The molecule has 1 aromatic heterocycles. The van der Waals surface area contributed by atoms with Crippen LogP contribution < -0.4 is 0 Å². The van der Waals surface area contributed by atoms with Crippen LogP contribution in [0, 0.1) is 11.8 Å². The van der Waals surface area contributed by atoms with Crippen molar-refractivity contribution in [2.45, 2.75) is 64.9 Å². The first-order chi connectivity index (χ1) is 16.1. The van der Waals surface area contributed by atoms with Gasteiger partial charge in [-0.3, -0.25) is 14.3 Å². The highest BCUT2D eigenvalue weighted by Gasteiger charge is 2.49. The standard InChI is InChI=1S/C26H31Cl2N3O3/c1-6-34-21(32)13-30-24(14(2)3)22-23(29-30)26(33)31(20-12-18(28)8-7-15(20)4)25(22)19-10-9-17(27)11-16(19)5/h7-11,14,16,18-19,25H,6,12-13H2,1-5H3. The first-order valence-corrected chi connectivity index (χ1v) is 12.6. The first kappa shape index (κ1) is 24.8. The highest BCUT2D eigenvalue weighted by molar-refractivity contribution is 6.31. The number of carbonyl (C=O) groups excluding carboxylic acids is 2. The number of carbonyl (C=O) groups is 2. The molecule has 1 amide bonds. The minimum Gasteiger partial charge on any atom is -0.465 e. The van der Waals surface area contributed by atoms with Crippen LogP contribution in [-0.4, -0.2) is 38.5 Å². The van der Waals surface area contributed by atoms with Crippen LogP contribution in [0.2, 0.25) is 0 Å². The van der Waals surface area contributed by atoms with Crippen molar-refractivity contribution < 1.29 is 14.3 Å². The van der Waals surface area contributed by atoms with E-state index < -0.39 is 0 Å². The van der Waals surface area contributed by atoms with E-state index in [1.807, 2.05) is 36.1 Å². The number of hydrogen-bond acceptors (Lipinski definition) is 4. The third kappa shape index (κ3) is 4.38. The summed E-state index contributed by atoms with van der Waals surface area (Å²) in [6.45, 7) is 10.3. The van der Waals surface area contributed by atoms with Crippen LogP contribution in [0.1, 0.15) is 74.7 Å². The van der Waals surface area contributed by atoms with Crippen molar-refractivity contribution >= 4 is 35.1 Å². The van der Waals surface area contributed by atoms with Gasteiger partial charge in [-0.1, -0.05) is 56.7 Å². The minimum absolute atomic E-state index is 0.00887. The monoisotopic (exact) mass is 503 g/mol. The number of allylic oxidation sites excluding steroid dienone is 7. The van der Waals surface area contributed by atoms with Crippen molar-refractivity contribution in [1.29, 1.82) is 0 Å². The molecule has 0 bridgehead atoms. The second-order valence-electron chi connectivity index (χ2n) is 9.44. The Balaban J connectivity index is 1.88. The molecule has 3 aliphatic rings. The number of nitrogens with zero attached hydrogens (tertiary/aromatic N) is 3. The number of alkyl halides is 1. The van der Waals surface area contributed by atoms with E-state index in [1.165, 1.54) is 0 Å². The fourth-order valence-corrected chi connectivity index (χ4v) is 5.75. The number of halogens is 2. The van der Waals surface area contributed by atoms with Gasteiger partial charge < -0.3 is 9.64 Å². The Hall–Kier alpha value is -2.31. The molecule has 2 aliphatic carbocycles. The lowest BCUT2D eigenvalue weighted by Crippen LogP contribution is -2.37. The fourth-order valence-electron chi connectivity index (χ4n) is 5.26. The van der Waals surface area contributed by atoms with Crippen molar-refractivity contribution in [3.8, 4) is 0 Å². The summed E-state index contributed by atoms with van der Waals surface area (Å²) in [6, 6.07) is -0.275. The number of ether oxygens (including phenoxy) is 1. The van der Waals surface area contributed by atoms with Crippen molar-refractivity contribution in [2.24, 2.45) is 11.8 Å². The molecule has 0 radical (unpaired) electrons. The second-order valence-corrected chi connectivity index (χ2v) is 10.4. The topological polar surface area (TPSA) is 64.4 Å². The summed E-state index contributed by atoms with van der Waals surface area (Å²) in [7, 11) is 0. The third-order valence-corrected chi connectivity index (χ3v) is 7.27. The molecule has 4 rings (SSSR count). The SMILES string of the molecule is CCOC(=O)Cn1nc2c(c1C(C)C)C(C1C=CC(Cl)=CC1C)N(C1=C(C)C=CC(Cl)C1)C2=O. The highest BCUT2D eigenvalue weighted by atomic mass is 35.5. The molecular weight excluding hydrogens is 473 g/mol. The van der Waals surface area contributed by atoms with E-state index in [2.05, 4.69) is 31.9 Å². The predicted molar refractivity (Wildman–Crippen MR) is 134 cm³/mol. The van der Waals surface area contributed by atoms with Crippen LogP contribution >= 0.6 is 23.2 Å². The summed E-state index contributed by atoms with van der Waals surface area (Å²) in [4.78, 5) is 28.1. The maximum atomic E-state index is 13.9. The zero-order valence-electron chi connectivity index (χ0n) is 20.2. The Morgan fingerprint density at radius 2 is 2.03 bits per heavy atom. The third-order valence-electron chi connectivity index (χ3n) is 6.72. The maximum Gasteiger partial charge on any atom is 0.327 e. The Morgan fingerprint density at radius 1 is 1.29 bits per heavy atom. The summed E-state index contributed by atoms with van der Waals surface area (Å²) in [5, 5.41) is 5.19. The van der Waals surface area contributed by atoms with Gasteiger partial charge in [0.15, 0.2) is 5.69 Å². The molecule has 0 saturated heterocycles. The van der Waals surface area contributed by atoms with Gasteiger partial charge in [-0.25, -0.2) is 0 Å². The zero-order chi connectivity index (χ0) is 24.7. The lowest BCUT2D eigenvalue weighted by atomic mass is 9.79. The van der Waals surface area contributed by atoms with Crippen LogP contribution in [0.25, 0.3) is 0 Å². The van der Waals surface area contributed by atoms with Gasteiger partial charge in [0.05, 0.1) is 18.0 Å². The summed E-state index contributed by atoms with van der Waals surface area (Å²) in [5.41, 5.74) is 4.12. The van der Waals surface area contributed by atoms with Crippen LogP contribution in [0.3, 0.4) is 0 Å². The van der Waals surface area contributed by atoms with Gasteiger partial charge in [-0.15, -0.1) is 11.6 Å². The van der Waals surface area contributed by atoms with E-state index >= 15 is 0 Å². The van der Waals surface area contributed by atoms with E-state index in [0.717, 1.165) is 22.5 Å². The molecule has 6 nitrogen and oxygen atoms in total. The van der Waals surface area contributed by atoms with Gasteiger partial charge in [-0.05, 0) is 37.3 Å². The number of amides is 1. The fraction of sp³-hybridized carbons (Fsp3) is 0.500. The molecule has 1 aliphatic heterocycles. The van der Waals surface area contributed by atoms with Gasteiger partial charge in [-0.2, -0.15) is 5.10 Å². The number of hydrogen-bond donors (Lipinski definition) is 0. The van der Waals surface area contributed by atoms with Crippen LogP contribution in [0.4, 0.5) is 0 Å². The van der Waals surface area contributed by atoms with Crippen molar-refractivity contribution in [1.82, 2.24) is 14.7 Å². The molecule has 182 valence electrons. The Kier molecular flexibility index (Phi) is 7.11. The molecule has 0 saturated carbocycles. The summed E-state index contributed by atoms with van der Waals surface area (Å²) in [5.74, 6) is -0.383. The molecule has 0 fully saturated rings. The molecule has 0 aromatic carbocycles. The molecule has 2 heterocycles. The molecule has 0 N–H and O–H groups in total. The Morgan fingerprint density at radius 3 is 2.68 bits per heavy atom. The number of aromatic nitrogens is 2. The van der Waals surface area contributed by atoms with Gasteiger partial charge >= 0.3 is 5.97 Å². The average molecular weight is 504 g/mol. The lowest BCUT2D eigenvalue weighted by molar-refractivity contribution is -0.144. The van der Waals surface area contributed by atoms with Crippen molar-refractivity contribution in [3.05, 3.63) is 63.6 Å². The van der Waals surface area contributed by atoms with Crippen molar-refractivity contribution in [2.75, 3.05) is 6.61 Å². The number of rotatable bonds is 6. The van der Waals surface area contributed by atoms with E-state index in [4.69, 9.17) is 27.9 Å².